The summed E-state index contributed by atoms with van der Waals surface area (Å²) >= 11 is 0. The number of primary amides is 1. The highest BCUT2D eigenvalue weighted by Gasteiger charge is 2.68. The van der Waals surface area contributed by atoms with Crippen molar-refractivity contribution in [2.24, 2.45) is 16.9 Å². The Labute approximate surface area is 154 Å². The molecule has 5 N–H and O–H groups in total. The number of halogens is 1. The second-order valence-electron chi connectivity index (χ2n) is 7.16. The smallest absolute Gasteiger partial charge is 0.224 e. The third kappa shape index (κ3) is 3.51. The summed E-state index contributed by atoms with van der Waals surface area (Å²) in [5, 5.41) is 9.36. The van der Waals surface area contributed by atoms with Crippen molar-refractivity contribution in [3.05, 3.63) is 65.7 Å². The van der Waals surface area contributed by atoms with Crippen molar-refractivity contribution in [3.8, 4) is 5.75 Å². The second kappa shape index (κ2) is 7.06. The number of phenols is 1. The Balaban J connectivity index is 0.00000225. The van der Waals surface area contributed by atoms with Gasteiger partial charge >= 0.3 is 0 Å². The third-order valence-electron chi connectivity index (χ3n) is 5.51. The summed E-state index contributed by atoms with van der Waals surface area (Å²) in [5.74, 6) is -0.0326. The van der Waals surface area contributed by atoms with Crippen LogP contribution in [-0.2, 0) is 16.6 Å². The predicted octanol–water partition coefficient (Wildman–Crippen LogP) is 2.91. The molecule has 1 amide bonds. The Morgan fingerprint density at radius 3 is 2.32 bits per heavy atom. The number of hydrogen-bond acceptors (Lipinski definition) is 3. The maximum Gasteiger partial charge on any atom is 0.224 e. The minimum absolute atomic E-state index is 0. The molecule has 0 aromatic heterocycles. The minimum atomic E-state index is -0.579. The van der Waals surface area contributed by atoms with Crippen LogP contribution in [0.4, 0.5) is 0 Å². The molecule has 1 saturated carbocycles. The Morgan fingerprint density at radius 1 is 1.16 bits per heavy atom. The van der Waals surface area contributed by atoms with Gasteiger partial charge in [0.2, 0.25) is 5.91 Å². The summed E-state index contributed by atoms with van der Waals surface area (Å²) in [5.41, 5.74) is 13.5. The lowest BCUT2D eigenvalue weighted by atomic mass is 9.82. The molecule has 0 saturated heterocycles. The lowest BCUT2D eigenvalue weighted by Gasteiger charge is -2.24. The quantitative estimate of drug-likeness (QED) is 0.739. The van der Waals surface area contributed by atoms with Gasteiger partial charge in [-0.05, 0) is 42.5 Å². The van der Waals surface area contributed by atoms with Crippen LogP contribution in [0.15, 0.2) is 54.6 Å². The van der Waals surface area contributed by atoms with Crippen molar-refractivity contribution in [1.82, 2.24) is 0 Å². The van der Waals surface area contributed by atoms with Gasteiger partial charge in [-0.3, -0.25) is 4.79 Å². The number of aromatic hydroxyl groups is 1. The highest BCUT2D eigenvalue weighted by Crippen LogP contribution is 2.66. The monoisotopic (exact) mass is 360 g/mol. The van der Waals surface area contributed by atoms with Crippen LogP contribution in [0.1, 0.15) is 30.9 Å². The Hall–Kier alpha value is -2.04. The van der Waals surface area contributed by atoms with Crippen molar-refractivity contribution in [2.75, 3.05) is 0 Å². The van der Waals surface area contributed by atoms with E-state index in [0.717, 1.165) is 17.5 Å². The number of amides is 1. The van der Waals surface area contributed by atoms with Crippen LogP contribution in [0, 0.1) is 5.41 Å². The molecule has 3 rings (SSSR count). The van der Waals surface area contributed by atoms with Gasteiger partial charge in [0.05, 0.1) is 5.41 Å². The number of nitrogens with two attached hydrogens (primary N) is 2. The lowest BCUT2D eigenvalue weighted by Crippen LogP contribution is -2.38. The van der Waals surface area contributed by atoms with E-state index in [1.165, 1.54) is 0 Å². The molecule has 2 aromatic rings. The first-order chi connectivity index (χ1) is 11.4. The van der Waals surface area contributed by atoms with Crippen molar-refractivity contribution in [2.45, 2.75) is 37.6 Å². The molecular weight excluding hydrogens is 336 g/mol. The summed E-state index contributed by atoms with van der Waals surface area (Å²) < 4.78 is 0. The van der Waals surface area contributed by atoms with Crippen LogP contribution >= 0.6 is 12.4 Å². The largest absolute Gasteiger partial charge is 0.508 e. The van der Waals surface area contributed by atoms with Crippen molar-refractivity contribution in [1.29, 1.82) is 0 Å². The van der Waals surface area contributed by atoms with Crippen LogP contribution in [0.5, 0.6) is 5.75 Å². The van der Waals surface area contributed by atoms with Crippen LogP contribution in [0.2, 0.25) is 0 Å². The van der Waals surface area contributed by atoms with E-state index in [1.807, 2.05) is 30.3 Å². The third-order valence-corrected chi connectivity index (χ3v) is 5.51. The van der Waals surface area contributed by atoms with Gasteiger partial charge < -0.3 is 16.6 Å². The van der Waals surface area contributed by atoms with Gasteiger partial charge in [-0.25, -0.2) is 0 Å². The van der Waals surface area contributed by atoms with Crippen molar-refractivity contribution < 1.29 is 9.90 Å². The highest BCUT2D eigenvalue weighted by molar-refractivity contribution is 5.87. The molecule has 25 heavy (non-hydrogen) atoms. The first-order valence-electron chi connectivity index (χ1n) is 8.26. The van der Waals surface area contributed by atoms with Gasteiger partial charge in [-0.15, -0.1) is 12.4 Å². The van der Waals surface area contributed by atoms with E-state index in [1.54, 1.807) is 12.1 Å². The molecule has 5 heteroatoms. The molecule has 134 valence electrons. The van der Waals surface area contributed by atoms with Crippen LogP contribution < -0.4 is 11.5 Å². The minimum Gasteiger partial charge on any atom is -0.508 e. The second-order valence-corrected chi connectivity index (χ2v) is 7.16. The maximum atomic E-state index is 12.2. The molecule has 0 bridgehead atoms. The summed E-state index contributed by atoms with van der Waals surface area (Å²) in [6.45, 7) is 2.10. The molecule has 1 aliphatic carbocycles. The molecule has 3 atom stereocenters. The van der Waals surface area contributed by atoms with E-state index in [4.69, 9.17) is 11.5 Å². The van der Waals surface area contributed by atoms with Gasteiger partial charge in [0.1, 0.15) is 5.75 Å². The molecule has 0 spiro atoms. The van der Waals surface area contributed by atoms with Gasteiger partial charge in [-0.2, -0.15) is 0 Å². The van der Waals surface area contributed by atoms with E-state index < -0.39 is 5.41 Å². The normalized spacial score (nSPS) is 25.7. The highest BCUT2D eigenvalue weighted by atomic mass is 35.5. The van der Waals surface area contributed by atoms with Crippen LogP contribution in [-0.4, -0.2) is 17.1 Å². The Kier molecular flexibility index (Phi) is 5.45. The zero-order chi connectivity index (χ0) is 17.4. The van der Waals surface area contributed by atoms with Crippen LogP contribution in [0.25, 0.3) is 0 Å². The van der Waals surface area contributed by atoms with E-state index >= 15 is 0 Å². The van der Waals surface area contributed by atoms with Crippen molar-refractivity contribution in [3.63, 3.8) is 0 Å². The number of phenolic OH excluding ortho intramolecular Hbond substituents is 1. The van der Waals surface area contributed by atoms with E-state index in [0.29, 0.717) is 12.8 Å². The zero-order valence-corrected chi connectivity index (χ0v) is 15.1. The number of rotatable bonds is 6. The van der Waals surface area contributed by atoms with Gasteiger partial charge in [0.15, 0.2) is 0 Å². The van der Waals surface area contributed by atoms with Gasteiger partial charge in [0.25, 0.3) is 0 Å². The topological polar surface area (TPSA) is 89.3 Å². The molecule has 0 heterocycles. The summed E-state index contributed by atoms with van der Waals surface area (Å²) in [6.07, 6.45) is 1.96. The predicted molar refractivity (Wildman–Crippen MR) is 102 cm³/mol. The first kappa shape index (κ1) is 19.3. The SMILES string of the molecule is CC1(c2ccccc2)CC1(C[C@@H](N)Cc1ccc(O)cc1)C(N)=O.Cl. The maximum absolute atomic E-state index is 12.2. The fraction of sp³-hybridized carbons (Fsp3) is 0.350. The van der Waals surface area contributed by atoms with E-state index in [-0.39, 0.29) is 35.5 Å². The van der Waals surface area contributed by atoms with Crippen LogP contribution in [0.3, 0.4) is 0 Å². The van der Waals surface area contributed by atoms with Gasteiger partial charge in [-0.1, -0.05) is 49.4 Å². The summed E-state index contributed by atoms with van der Waals surface area (Å²) in [6, 6.07) is 16.9. The molecule has 2 aromatic carbocycles. The number of carbonyl (C=O) groups is 1. The Morgan fingerprint density at radius 2 is 1.76 bits per heavy atom. The van der Waals surface area contributed by atoms with E-state index in [2.05, 4.69) is 19.1 Å². The molecule has 4 nitrogen and oxygen atoms in total. The van der Waals surface area contributed by atoms with E-state index in [9.17, 15) is 9.90 Å². The standard InChI is InChI=1S/C20H24N2O2.ClH/c1-19(15-5-3-2-4-6-15)13-20(19,18(22)24)12-16(21)11-14-7-9-17(23)10-8-14;/h2-10,16,23H,11-13,21H2,1H3,(H2,22,24);1H/t16-,19?,20?;/m0./s1. The first-order valence-corrected chi connectivity index (χ1v) is 8.26. The number of hydrogen-bond donors (Lipinski definition) is 3. The molecule has 2 unspecified atom stereocenters. The summed E-state index contributed by atoms with van der Waals surface area (Å²) in [7, 11) is 0. The Bertz CT molecular complexity index is 735. The molecule has 1 fully saturated rings. The average Bonchev–Trinajstić information content (AvgIpc) is 3.18. The molecule has 0 aliphatic heterocycles. The summed E-state index contributed by atoms with van der Waals surface area (Å²) in [4.78, 5) is 12.2. The molecule has 1 aliphatic rings. The average molecular weight is 361 g/mol. The number of carbonyl (C=O) groups excluding carboxylic acids is 1. The lowest BCUT2D eigenvalue weighted by molar-refractivity contribution is -0.124. The van der Waals surface area contributed by atoms with Crippen molar-refractivity contribution >= 4 is 18.3 Å². The van der Waals surface area contributed by atoms with Gasteiger partial charge in [0, 0.05) is 11.5 Å². The zero-order valence-electron chi connectivity index (χ0n) is 14.3. The molecular formula is C20H25ClN2O2. The number of benzene rings is 2. The molecule has 0 radical (unpaired) electrons. The fourth-order valence-electron chi connectivity index (χ4n) is 3.96. The fourth-order valence-corrected chi connectivity index (χ4v) is 3.96.